The molecule has 0 spiro atoms. The molecule has 0 saturated carbocycles. The van der Waals surface area contributed by atoms with Crippen molar-refractivity contribution in [3.05, 3.63) is 0 Å². The lowest BCUT2D eigenvalue weighted by atomic mass is 10.0. The van der Waals surface area contributed by atoms with Crippen LogP contribution in [0.4, 0.5) is 0 Å². The zero-order chi connectivity index (χ0) is 10.4. The maximum Gasteiger partial charge on any atom is 0.129 e. The average molecular weight is 210 g/mol. The average Bonchev–Trinajstić information content (AvgIpc) is 2.32. The molecule has 1 atom stereocenters. The molecule has 4 aliphatic rings. The van der Waals surface area contributed by atoms with Crippen LogP contribution in [0.15, 0.2) is 4.99 Å². The van der Waals surface area contributed by atoms with Crippen molar-refractivity contribution in [2.45, 2.75) is 6.04 Å². The number of fused-ring (bicyclic) bond motifs is 3. The molecule has 0 amide bonds. The molecule has 0 aliphatic carbocycles. The Morgan fingerprint density at radius 1 is 1.13 bits per heavy atom. The Morgan fingerprint density at radius 2 is 1.80 bits per heavy atom. The minimum Gasteiger partial charge on any atom is -0.370 e. The molecule has 4 rings (SSSR count). The summed E-state index contributed by atoms with van der Waals surface area (Å²) in [6, 6.07) is 0.740. The molecule has 0 radical (unpaired) electrons. The van der Waals surface area contributed by atoms with E-state index < -0.39 is 0 Å². The van der Waals surface area contributed by atoms with Gasteiger partial charge in [-0.1, -0.05) is 0 Å². The lowest BCUT2D eigenvalue weighted by Gasteiger charge is -2.57. The summed E-state index contributed by atoms with van der Waals surface area (Å²) in [5, 5.41) is 3.31. The fourth-order valence-corrected chi connectivity index (χ4v) is 3.40. The van der Waals surface area contributed by atoms with Gasteiger partial charge in [-0.3, -0.25) is 4.99 Å². The lowest BCUT2D eigenvalue weighted by molar-refractivity contribution is -1.08. The number of quaternary nitrogens is 2. The number of nitrogens with zero attached hydrogens (tertiary/aromatic N) is 3. The number of likely N-dealkylation sites (N-methyl/N-ethyl adjacent to an activating group) is 1. The summed E-state index contributed by atoms with van der Waals surface area (Å²) < 4.78 is 2.67. The monoisotopic (exact) mass is 210 g/mol. The van der Waals surface area contributed by atoms with Gasteiger partial charge in [0.05, 0.1) is 26.5 Å². The topological polar surface area (TPSA) is 24.4 Å². The van der Waals surface area contributed by atoms with E-state index in [0.29, 0.717) is 0 Å². The third kappa shape index (κ3) is 1.47. The largest absolute Gasteiger partial charge is 0.370 e. The SMILES string of the molecule is C[N+]12CC[N+](C3CN=CNC3)(CC1)CC2. The molecule has 4 aliphatic heterocycles. The van der Waals surface area contributed by atoms with Crippen LogP contribution >= 0.6 is 0 Å². The number of hydrogen-bond acceptors (Lipinski definition) is 2. The van der Waals surface area contributed by atoms with Crippen LogP contribution in [0.5, 0.6) is 0 Å². The second-order valence-electron chi connectivity index (χ2n) is 5.74. The van der Waals surface area contributed by atoms with Crippen LogP contribution in [0.1, 0.15) is 0 Å². The van der Waals surface area contributed by atoms with Gasteiger partial charge in [-0.25, -0.2) is 0 Å². The first kappa shape index (κ1) is 9.60. The van der Waals surface area contributed by atoms with Crippen molar-refractivity contribution in [2.24, 2.45) is 4.99 Å². The summed E-state index contributed by atoms with van der Waals surface area (Å²) in [4.78, 5) is 4.40. The highest BCUT2D eigenvalue weighted by atomic mass is 15.5. The van der Waals surface area contributed by atoms with Gasteiger partial charge in [0.2, 0.25) is 0 Å². The number of rotatable bonds is 1. The van der Waals surface area contributed by atoms with Crippen molar-refractivity contribution in [1.29, 1.82) is 0 Å². The fraction of sp³-hybridized carbons (Fsp3) is 0.909. The molecule has 0 aromatic rings. The summed E-state index contributed by atoms with van der Waals surface area (Å²) in [6.07, 6.45) is 1.88. The Bertz CT molecular complexity index is 262. The van der Waals surface area contributed by atoms with Crippen molar-refractivity contribution in [3.63, 3.8) is 0 Å². The number of nitrogens with one attached hydrogen (secondary N) is 1. The Kier molecular flexibility index (Phi) is 2.04. The van der Waals surface area contributed by atoms with Gasteiger partial charge in [0.1, 0.15) is 45.3 Å². The van der Waals surface area contributed by atoms with E-state index in [2.05, 4.69) is 17.4 Å². The van der Waals surface area contributed by atoms with Gasteiger partial charge in [-0.05, 0) is 0 Å². The number of hydrogen-bond donors (Lipinski definition) is 1. The van der Waals surface area contributed by atoms with Gasteiger partial charge in [-0.15, -0.1) is 0 Å². The smallest absolute Gasteiger partial charge is 0.129 e. The van der Waals surface area contributed by atoms with Crippen LogP contribution in [0.3, 0.4) is 0 Å². The molecule has 0 aromatic heterocycles. The highest BCUT2D eigenvalue weighted by Crippen LogP contribution is 2.28. The molecule has 4 heterocycles. The van der Waals surface area contributed by atoms with Gasteiger partial charge in [0, 0.05) is 0 Å². The second-order valence-corrected chi connectivity index (χ2v) is 5.74. The molecule has 0 aromatic carbocycles. The van der Waals surface area contributed by atoms with E-state index in [0.717, 1.165) is 19.1 Å². The van der Waals surface area contributed by atoms with Gasteiger partial charge >= 0.3 is 0 Å². The third-order valence-electron chi connectivity index (χ3n) is 4.88. The molecule has 84 valence electrons. The van der Waals surface area contributed by atoms with E-state index >= 15 is 0 Å². The summed E-state index contributed by atoms with van der Waals surface area (Å²) in [5.74, 6) is 0. The summed E-state index contributed by atoms with van der Waals surface area (Å²) in [6.45, 7) is 10.4. The van der Waals surface area contributed by atoms with E-state index in [1.165, 1.54) is 48.2 Å². The molecule has 4 nitrogen and oxygen atoms in total. The van der Waals surface area contributed by atoms with Crippen molar-refractivity contribution >= 4 is 6.34 Å². The van der Waals surface area contributed by atoms with Crippen LogP contribution in [0, 0.1) is 0 Å². The van der Waals surface area contributed by atoms with Gasteiger partial charge < -0.3 is 14.3 Å². The van der Waals surface area contributed by atoms with E-state index in [1.54, 1.807) is 0 Å². The van der Waals surface area contributed by atoms with Crippen molar-refractivity contribution in [2.75, 3.05) is 59.4 Å². The Morgan fingerprint density at radius 3 is 2.33 bits per heavy atom. The normalized spacial score (nSPS) is 49.0. The van der Waals surface area contributed by atoms with Gasteiger partial charge in [-0.2, -0.15) is 0 Å². The fourth-order valence-electron chi connectivity index (χ4n) is 3.40. The van der Waals surface area contributed by atoms with E-state index in [-0.39, 0.29) is 0 Å². The minimum atomic E-state index is 0.740. The molecule has 3 saturated heterocycles. The maximum absolute atomic E-state index is 4.40. The van der Waals surface area contributed by atoms with E-state index in [4.69, 9.17) is 0 Å². The molecule has 2 bridgehead atoms. The zero-order valence-electron chi connectivity index (χ0n) is 9.65. The Hall–Kier alpha value is -0.610. The van der Waals surface area contributed by atoms with Gasteiger partial charge in [0.15, 0.2) is 0 Å². The summed E-state index contributed by atoms with van der Waals surface area (Å²) in [7, 11) is 2.42. The van der Waals surface area contributed by atoms with Crippen LogP contribution < -0.4 is 5.32 Å². The number of aliphatic imine (C=N–C) groups is 1. The van der Waals surface area contributed by atoms with Crippen molar-refractivity contribution < 1.29 is 8.97 Å². The zero-order valence-corrected chi connectivity index (χ0v) is 9.65. The summed E-state index contributed by atoms with van der Waals surface area (Å²) in [5.41, 5.74) is 0. The molecule has 15 heavy (non-hydrogen) atoms. The first-order chi connectivity index (χ1) is 7.23. The standard InChI is InChI=1S/C11H22N4/c1-14-2-5-15(6-3-14,7-4-14)11-8-12-10-13-9-11/h10-11H,2-9H2,1H3,(H,12,13)/q+2. The predicted octanol–water partition coefficient (Wildman–Crippen LogP) is -0.723. The first-order valence-corrected chi connectivity index (χ1v) is 6.14. The molecule has 3 fully saturated rings. The first-order valence-electron chi connectivity index (χ1n) is 6.14. The van der Waals surface area contributed by atoms with E-state index in [1.807, 2.05) is 6.34 Å². The quantitative estimate of drug-likeness (QED) is 0.567. The van der Waals surface area contributed by atoms with Crippen molar-refractivity contribution in [3.8, 4) is 0 Å². The van der Waals surface area contributed by atoms with Gasteiger partial charge in [0.25, 0.3) is 0 Å². The molecular weight excluding hydrogens is 188 g/mol. The number of piperazine rings is 3. The predicted molar refractivity (Wildman–Crippen MR) is 60.8 cm³/mol. The van der Waals surface area contributed by atoms with Crippen LogP contribution in [-0.2, 0) is 0 Å². The van der Waals surface area contributed by atoms with Crippen LogP contribution in [0.2, 0.25) is 0 Å². The molecule has 1 N–H and O–H groups in total. The molecule has 4 heteroatoms. The maximum atomic E-state index is 4.40. The van der Waals surface area contributed by atoms with Crippen molar-refractivity contribution in [1.82, 2.24) is 5.32 Å². The highest BCUT2D eigenvalue weighted by Gasteiger charge is 2.50. The lowest BCUT2D eigenvalue weighted by Crippen LogP contribution is -2.77. The highest BCUT2D eigenvalue weighted by molar-refractivity contribution is 5.55. The molecular formula is C11H22N4+2. The second kappa shape index (κ2) is 3.19. The minimum absolute atomic E-state index is 0.740. The third-order valence-corrected chi connectivity index (χ3v) is 4.88. The Labute approximate surface area is 91.8 Å². The van der Waals surface area contributed by atoms with E-state index in [9.17, 15) is 0 Å². The van der Waals surface area contributed by atoms with Crippen LogP contribution in [0.25, 0.3) is 0 Å². The van der Waals surface area contributed by atoms with Crippen LogP contribution in [-0.4, -0.2) is 80.8 Å². The molecule has 1 unspecified atom stereocenters. The Balaban J connectivity index is 1.77. The summed E-state index contributed by atoms with van der Waals surface area (Å²) >= 11 is 0.